The Morgan fingerprint density at radius 1 is 1.28 bits per heavy atom. The van der Waals surface area contributed by atoms with E-state index in [1.165, 1.54) is 24.8 Å². The smallest absolute Gasteiger partial charge is 0.356 e. The summed E-state index contributed by atoms with van der Waals surface area (Å²) in [5.74, 6) is -2.34. The number of hydrogen-bond donors (Lipinski definition) is 1. The molecule has 156 valence electrons. The lowest BCUT2D eigenvalue weighted by molar-refractivity contribution is -0.359. The van der Waals surface area contributed by atoms with Gasteiger partial charge in [0.1, 0.15) is 30.0 Å². The number of nitrogens with one attached hydrogen (secondary N) is 1. The molecule has 2 aromatic heterocycles. The average molecular weight is 417 g/mol. The summed E-state index contributed by atoms with van der Waals surface area (Å²) in [6.45, 7) is 2.61. The normalized spacial score (nSPS) is 20.2. The predicted octanol–water partition coefficient (Wildman–Crippen LogP) is 2.75. The number of halogens is 5. The van der Waals surface area contributed by atoms with Crippen LogP contribution in [0.4, 0.5) is 27.8 Å². The van der Waals surface area contributed by atoms with Crippen LogP contribution in [0.3, 0.4) is 0 Å². The van der Waals surface area contributed by atoms with Gasteiger partial charge in [-0.05, 0) is 26.0 Å². The van der Waals surface area contributed by atoms with Gasteiger partial charge < -0.3 is 10.2 Å². The first-order valence-electron chi connectivity index (χ1n) is 8.51. The third-order valence-electron chi connectivity index (χ3n) is 4.46. The van der Waals surface area contributed by atoms with Gasteiger partial charge in [-0.2, -0.15) is 0 Å². The molecule has 3 rings (SSSR count). The summed E-state index contributed by atoms with van der Waals surface area (Å²) >= 11 is 0. The first kappa shape index (κ1) is 20.8. The van der Waals surface area contributed by atoms with Crippen molar-refractivity contribution in [3.63, 3.8) is 0 Å². The molecule has 1 aliphatic heterocycles. The third kappa shape index (κ3) is 4.58. The van der Waals surface area contributed by atoms with Crippen LogP contribution in [0, 0.1) is 11.6 Å². The molecule has 3 heterocycles. The molecule has 0 radical (unpaired) electrons. The van der Waals surface area contributed by atoms with Gasteiger partial charge in [-0.15, -0.1) is 13.2 Å². The van der Waals surface area contributed by atoms with E-state index in [9.17, 15) is 26.7 Å². The summed E-state index contributed by atoms with van der Waals surface area (Å²) in [5.41, 5.74) is -0.130. The summed E-state index contributed by atoms with van der Waals surface area (Å²) < 4.78 is 68.5. The minimum atomic E-state index is -4.78. The molecule has 29 heavy (non-hydrogen) atoms. The van der Waals surface area contributed by atoms with Crippen LogP contribution in [0.25, 0.3) is 11.4 Å². The lowest BCUT2D eigenvalue weighted by Crippen LogP contribution is -2.65. The zero-order valence-electron chi connectivity index (χ0n) is 15.2. The van der Waals surface area contributed by atoms with E-state index in [-0.39, 0.29) is 23.8 Å². The van der Waals surface area contributed by atoms with Gasteiger partial charge in [0.15, 0.2) is 11.6 Å². The number of rotatable bonds is 5. The second-order valence-corrected chi connectivity index (χ2v) is 6.45. The standard InChI is InChI=1S/C17H16F5N5O2/c1-8(16(28)27-6-12(9(27)2)29-17(20,21)22)26-15-13(19)14(24-7-25-15)11-4-3-10(18)5-23-11/h3-5,7-9,12H,6H2,1-2H3,(H,24,25,26)/t8-,9+,12+/m1/s1. The van der Waals surface area contributed by atoms with Crippen molar-refractivity contribution in [2.24, 2.45) is 0 Å². The van der Waals surface area contributed by atoms with E-state index in [1.54, 1.807) is 0 Å². The van der Waals surface area contributed by atoms with Crippen LogP contribution in [0.2, 0.25) is 0 Å². The molecule has 0 unspecified atom stereocenters. The highest BCUT2D eigenvalue weighted by atomic mass is 19.4. The summed E-state index contributed by atoms with van der Waals surface area (Å²) in [5, 5.41) is 2.58. The number of carbonyl (C=O) groups excluding carboxylic acids is 1. The van der Waals surface area contributed by atoms with Gasteiger partial charge in [-0.3, -0.25) is 14.5 Å². The number of likely N-dealkylation sites (tertiary alicyclic amines) is 1. The van der Waals surface area contributed by atoms with E-state index >= 15 is 0 Å². The van der Waals surface area contributed by atoms with E-state index in [0.717, 1.165) is 18.6 Å². The summed E-state index contributed by atoms with van der Waals surface area (Å²) in [7, 11) is 0. The van der Waals surface area contributed by atoms with Crippen molar-refractivity contribution in [2.45, 2.75) is 38.4 Å². The van der Waals surface area contributed by atoms with Crippen molar-refractivity contribution in [1.82, 2.24) is 19.9 Å². The number of amides is 1. The Hall–Kier alpha value is -2.89. The van der Waals surface area contributed by atoms with E-state index < -0.39 is 42.1 Å². The van der Waals surface area contributed by atoms with Crippen LogP contribution in [-0.4, -0.2) is 56.9 Å². The lowest BCUT2D eigenvalue weighted by Gasteiger charge is -2.46. The molecular formula is C17H16F5N5O2. The summed E-state index contributed by atoms with van der Waals surface area (Å²) in [6, 6.07) is 0.556. The van der Waals surface area contributed by atoms with E-state index in [1.807, 2.05) is 0 Å². The van der Waals surface area contributed by atoms with Crippen molar-refractivity contribution >= 4 is 11.7 Å². The molecule has 0 aliphatic carbocycles. The Bertz CT molecular complexity index is 893. The molecule has 1 fully saturated rings. The fourth-order valence-electron chi connectivity index (χ4n) is 2.85. The number of alkyl halides is 3. The first-order valence-corrected chi connectivity index (χ1v) is 8.51. The van der Waals surface area contributed by atoms with Gasteiger partial charge in [0.25, 0.3) is 0 Å². The van der Waals surface area contributed by atoms with Crippen LogP contribution < -0.4 is 5.32 Å². The minimum absolute atomic E-state index is 0.0665. The summed E-state index contributed by atoms with van der Waals surface area (Å²) in [6.07, 6.45) is -3.99. The monoisotopic (exact) mass is 417 g/mol. The molecule has 7 nitrogen and oxygen atoms in total. The molecule has 1 amide bonds. The second kappa shape index (κ2) is 7.85. The molecule has 0 bridgehead atoms. The Balaban J connectivity index is 1.68. The van der Waals surface area contributed by atoms with Crippen molar-refractivity contribution in [2.75, 3.05) is 11.9 Å². The highest BCUT2D eigenvalue weighted by molar-refractivity contribution is 5.85. The van der Waals surface area contributed by atoms with Gasteiger partial charge in [-0.25, -0.2) is 18.7 Å². The zero-order chi connectivity index (χ0) is 21.3. The van der Waals surface area contributed by atoms with Gasteiger partial charge in [0.2, 0.25) is 5.91 Å². The highest BCUT2D eigenvalue weighted by Gasteiger charge is 2.46. The van der Waals surface area contributed by atoms with Crippen molar-refractivity contribution in [1.29, 1.82) is 0 Å². The fraction of sp³-hybridized carbons (Fsp3) is 0.412. The molecular weight excluding hydrogens is 401 g/mol. The topological polar surface area (TPSA) is 80.2 Å². The number of anilines is 1. The lowest BCUT2D eigenvalue weighted by atomic mass is 10.00. The molecule has 1 N–H and O–H groups in total. The van der Waals surface area contributed by atoms with Gasteiger partial charge in [-0.1, -0.05) is 0 Å². The maximum Gasteiger partial charge on any atom is 0.522 e. The Morgan fingerprint density at radius 3 is 2.59 bits per heavy atom. The number of pyridine rings is 1. The van der Waals surface area contributed by atoms with Gasteiger partial charge in [0, 0.05) is 6.54 Å². The molecule has 2 aromatic rings. The number of hydrogen-bond acceptors (Lipinski definition) is 6. The Kier molecular flexibility index (Phi) is 5.64. The Morgan fingerprint density at radius 2 is 2.00 bits per heavy atom. The van der Waals surface area contributed by atoms with Crippen molar-refractivity contribution in [3.8, 4) is 11.4 Å². The van der Waals surface area contributed by atoms with Crippen molar-refractivity contribution in [3.05, 3.63) is 36.3 Å². The minimum Gasteiger partial charge on any atom is -0.356 e. The Labute approximate surface area is 161 Å². The van der Waals surface area contributed by atoms with Crippen LogP contribution in [-0.2, 0) is 9.53 Å². The predicted molar refractivity (Wildman–Crippen MR) is 90.4 cm³/mol. The van der Waals surface area contributed by atoms with Gasteiger partial charge >= 0.3 is 6.36 Å². The fourth-order valence-corrected chi connectivity index (χ4v) is 2.85. The zero-order valence-corrected chi connectivity index (χ0v) is 15.2. The van der Waals surface area contributed by atoms with Crippen LogP contribution in [0.1, 0.15) is 13.8 Å². The summed E-state index contributed by atoms with van der Waals surface area (Å²) in [4.78, 5) is 24.9. The number of carbonyl (C=O) groups is 1. The van der Waals surface area contributed by atoms with E-state index in [4.69, 9.17) is 0 Å². The molecule has 12 heteroatoms. The van der Waals surface area contributed by atoms with Crippen molar-refractivity contribution < 1.29 is 31.5 Å². The molecule has 3 atom stereocenters. The third-order valence-corrected chi connectivity index (χ3v) is 4.46. The largest absolute Gasteiger partial charge is 0.522 e. The molecule has 1 saturated heterocycles. The number of nitrogens with zero attached hydrogens (tertiary/aromatic N) is 4. The van der Waals surface area contributed by atoms with E-state index in [2.05, 4.69) is 25.0 Å². The quantitative estimate of drug-likeness (QED) is 0.754. The van der Waals surface area contributed by atoms with Crippen LogP contribution in [0.15, 0.2) is 24.7 Å². The molecule has 0 spiro atoms. The van der Waals surface area contributed by atoms with Gasteiger partial charge in [0.05, 0.1) is 17.9 Å². The van der Waals surface area contributed by atoms with Crippen LogP contribution >= 0.6 is 0 Å². The second-order valence-electron chi connectivity index (χ2n) is 6.45. The van der Waals surface area contributed by atoms with Crippen LogP contribution in [0.5, 0.6) is 0 Å². The number of ether oxygens (including phenoxy) is 1. The molecule has 0 aromatic carbocycles. The van der Waals surface area contributed by atoms with E-state index in [0.29, 0.717) is 0 Å². The molecule has 1 aliphatic rings. The molecule has 0 saturated carbocycles. The average Bonchev–Trinajstić information content (AvgIpc) is 2.65. The SMILES string of the molecule is C[C@@H](Nc1ncnc(-c2ccc(F)cn2)c1F)C(=O)N1C[C@H](OC(F)(F)F)[C@@H]1C. The maximum absolute atomic E-state index is 14.7. The highest BCUT2D eigenvalue weighted by Crippen LogP contribution is 2.29. The number of aromatic nitrogens is 3. The maximum atomic E-state index is 14.7. The first-order chi connectivity index (χ1) is 13.6.